The fraction of sp³-hybridized carbons (Fsp3) is 0.556. The van der Waals surface area contributed by atoms with Crippen molar-refractivity contribution in [1.29, 1.82) is 0 Å². The van der Waals surface area contributed by atoms with Gasteiger partial charge in [0.25, 0.3) is 0 Å². The van der Waals surface area contributed by atoms with Gasteiger partial charge in [0.1, 0.15) is 0 Å². The zero-order valence-electron chi connectivity index (χ0n) is 7.49. The van der Waals surface area contributed by atoms with Gasteiger partial charge in [-0.05, 0) is 12.8 Å². The van der Waals surface area contributed by atoms with Crippen molar-refractivity contribution in [2.45, 2.75) is 32.1 Å². The predicted octanol–water partition coefficient (Wildman–Crippen LogP) is 1.71. The van der Waals surface area contributed by atoms with E-state index in [1.165, 1.54) is 0 Å². The van der Waals surface area contributed by atoms with E-state index < -0.39 is 5.97 Å². The summed E-state index contributed by atoms with van der Waals surface area (Å²) < 4.78 is 4.48. The van der Waals surface area contributed by atoms with Crippen molar-refractivity contribution in [3.05, 3.63) is 12.8 Å². The van der Waals surface area contributed by atoms with Crippen LogP contribution in [0.1, 0.15) is 32.1 Å². The van der Waals surface area contributed by atoms with Crippen molar-refractivity contribution in [3.8, 4) is 0 Å². The van der Waals surface area contributed by atoms with E-state index in [0.29, 0.717) is 19.3 Å². The maximum atomic E-state index is 10.7. The minimum Gasteiger partial charge on any atom is -0.481 e. The molecule has 4 heteroatoms. The van der Waals surface area contributed by atoms with E-state index in [9.17, 15) is 9.59 Å². The van der Waals surface area contributed by atoms with Crippen LogP contribution in [0.25, 0.3) is 0 Å². The maximum Gasteiger partial charge on any atom is 0.310 e. The molecule has 0 radical (unpaired) electrons. The first-order chi connectivity index (χ1) is 6.16. The number of aliphatic carboxylic acids is 1. The molecule has 13 heavy (non-hydrogen) atoms. The molecule has 0 amide bonds. The Morgan fingerprint density at radius 3 is 2.38 bits per heavy atom. The van der Waals surface area contributed by atoms with Gasteiger partial charge in [0.05, 0.1) is 6.26 Å². The van der Waals surface area contributed by atoms with Crippen molar-refractivity contribution in [3.63, 3.8) is 0 Å². The van der Waals surface area contributed by atoms with Gasteiger partial charge in [-0.2, -0.15) is 0 Å². The zero-order chi connectivity index (χ0) is 10.1. The summed E-state index contributed by atoms with van der Waals surface area (Å²) in [6.45, 7) is 3.25. The summed E-state index contributed by atoms with van der Waals surface area (Å²) in [6.07, 6.45) is 3.59. The van der Waals surface area contributed by atoms with Crippen molar-refractivity contribution in [2.24, 2.45) is 0 Å². The van der Waals surface area contributed by atoms with Crippen molar-refractivity contribution >= 4 is 11.9 Å². The summed E-state index contributed by atoms with van der Waals surface area (Å²) in [4.78, 5) is 20.8. The molecule has 0 bridgehead atoms. The van der Waals surface area contributed by atoms with Gasteiger partial charge in [0.15, 0.2) is 0 Å². The van der Waals surface area contributed by atoms with E-state index in [-0.39, 0.29) is 12.4 Å². The van der Waals surface area contributed by atoms with E-state index in [1.54, 1.807) is 0 Å². The molecule has 0 aromatic heterocycles. The van der Waals surface area contributed by atoms with E-state index >= 15 is 0 Å². The van der Waals surface area contributed by atoms with Crippen LogP contribution in [0.5, 0.6) is 0 Å². The highest BCUT2D eigenvalue weighted by atomic mass is 16.5. The molecule has 0 aromatic carbocycles. The van der Waals surface area contributed by atoms with Crippen LogP contribution in [0, 0.1) is 0 Å². The number of carboxylic acid groups (broad SMARTS) is 1. The molecule has 0 saturated heterocycles. The molecule has 0 atom stereocenters. The summed E-state index contributed by atoms with van der Waals surface area (Å²) in [7, 11) is 0. The second-order valence-electron chi connectivity index (χ2n) is 2.61. The number of unbranched alkanes of at least 4 members (excludes halogenated alkanes) is 2. The molecule has 0 fully saturated rings. The van der Waals surface area contributed by atoms with Gasteiger partial charge >= 0.3 is 11.9 Å². The highest BCUT2D eigenvalue weighted by Gasteiger charge is 2.01. The molecule has 0 saturated carbocycles. The summed E-state index contributed by atoms with van der Waals surface area (Å²) in [6, 6.07) is 0. The first-order valence-corrected chi connectivity index (χ1v) is 4.19. The lowest BCUT2D eigenvalue weighted by Crippen LogP contribution is -1.99. The molecule has 0 aliphatic heterocycles. The quantitative estimate of drug-likeness (QED) is 0.373. The molecule has 0 unspecified atom stereocenters. The SMILES string of the molecule is C=COC(=O)CCCCCC(=O)O. The van der Waals surface area contributed by atoms with E-state index in [1.807, 2.05) is 0 Å². The molecule has 0 rings (SSSR count). The second kappa shape index (κ2) is 7.34. The molecule has 0 heterocycles. The number of ether oxygens (including phenoxy) is 1. The van der Waals surface area contributed by atoms with Crippen LogP contribution in [0.3, 0.4) is 0 Å². The largest absolute Gasteiger partial charge is 0.481 e. The Balaban J connectivity index is 3.20. The lowest BCUT2D eigenvalue weighted by Gasteiger charge is -1.98. The predicted molar refractivity (Wildman–Crippen MR) is 47.0 cm³/mol. The fourth-order valence-corrected chi connectivity index (χ4v) is 0.874. The number of rotatable bonds is 7. The molecule has 74 valence electrons. The summed E-state index contributed by atoms with van der Waals surface area (Å²) in [5, 5.41) is 8.30. The van der Waals surface area contributed by atoms with Crippen molar-refractivity contribution in [2.75, 3.05) is 0 Å². The van der Waals surface area contributed by atoms with Crippen LogP contribution in [-0.4, -0.2) is 17.0 Å². The third-order valence-electron chi connectivity index (χ3n) is 1.49. The van der Waals surface area contributed by atoms with Gasteiger partial charge in [0.2, 0.25) is 0 Å². The average molecular weight is 186 g/mol. The molecule has 0 aliphatic rings. The van der Waals surface area contributed by atoms with Crippen LogP contribution >= 0.6 is 0 Å². The zero-order valence-corrected chi connectivity index (χ0v) is 7.49. The molecule has 1 N–H and O–H groups in total. The molecule has 0 aliphatic carbocycles. The Kier molecular flexibility index (Phi) is 6.59. The molecule has 0 spiro atoms. The third-order valence-corrected chi connectivity index (χ3v) is 1.49. The Bertz CT molecular complexity index is 186. The first-order valence-electron chi connectivity index (χ1n) is 4.19. The molecular weight excluding hydrogens is 172 g/mol. The van der Waals surface area contributed by atoms with Gasteiger partial charge in [-0.1, -0.05) is 13.0 Å². The minimum absolute atomic E-state index is 0.163. The Hall–Kier alpha value is -1.32. The normalized spacial score (nSPS) is 9.23. The summed E-state index contributed by atoms with van der Waals surface area (Å²) >= 11 is 0. The van der Waals surface area contributed by atoms with Crippen molar-refractivity contribution < 1.29 is 19.4 Å². The first kappa shape index (κ1) is 11.7. The van der Waals surface area contributed by atoms with Gasteiger partial charge in [-0.3, -0.25) is 9.59 Å². The van der Waals surface area contributed by atoms with E-state index in [2.05, 4.69) is 11.3 Å². The second-order valence-corrected chi connectivity index (χ2v) is 2.61. The van der Waals surface area contributed by atoms with Crippen molar-refractivity contribution in [1.82, 2.24) is 0 Å². The molecule has 0 aromatic rings. The Labute approximate surface area is 77.2 Å². The maximum absolute atomic E-state index is 10.7. The van der Waals surface area contributed by atoms with Crippen LogP contribution in [-0.2, 0) is 14.3 Å². The highest BCUT2D eigenvalue weighted by Crippen LogP contribution is 2.03. The highest BCUT2D eigenvalue weighted by molar-refractivity contribution is 5.69. The number of esters is 1. The number of carboxylic acids is 1. The Morgan fingerprint density at radius 2 is 1.85 bits per heavy atom. The van der Waals surface area contributed by atoms with Crippen LogP contribution in [0.4, 0.5) is 0 Å². The lowest BCUT2D eigenvalue weighted by molar-refractivity contribution is -0.138. The Morgan fingerprint density at radius 1 is 1.23 bits per heavy atom. The van der Waals surface area contributed by atoms with E-state index in [4.69, 9.17) is 5.11 Å². The third kappa shape index (κ3) is 8.59. The van der Waals surface area contributed by atoms with Gasteiger partial charge in [0, 0.05) is 12.8 Å². The number of carbonyl (C=O) groups is 2. The average Bonchev–Trinajstić information content (AvgIpc) is 2.03. The summed E-state index contributed by atoms with van der Waals surface area (Å²) in [5.41, 5.74) is 0. The molecular formula is C9H14O4. The smallest absolute Gasteiger partial charge is 0.310 e. The standard InChI is InChI=1S/C9H14O4/c1-2-13-9(12)7-5-3-4-6-8(10)11/h2H,1,3-7H2,(H,10,11). The fourth-order valence-electron chi connectivity index (χ4n) is 0.874. The lowest BCUT2D eigenvalue weighted by atomic mass is 10.1. The van der Waals surface area contributed by atoms with Crippen LogP contribution in [0.2, 0.25) is 0 Å². The van der Waals surface area contributed by atoms with Gasteiger partial charge < -0.3 is 9.84 Å². The monoisotopic (exact) mass is 186 g/mol. The van der Waals surface area contributed by atoms with Gasteiger partial charge in [-0.15, -0.1) is 0 Å². The summed E-state index contributed by atoms with van der Waals surface area (Å²) in [5.74, 6) is -1.11. The van der Waals surface area contributed by atoms with Crippen LogP contribution in [0.15, 0.2) is 12.8 Å². The van der Waals surface area contributed by atoms with E-state index in [0.717, 1.165) is 12.7 Å². The number of carbonyl (C=O) groups excluding carboxylic acids is 1. The topological polar surface area (TPSA) is 63.6 Å². The number of hydrogen-bond acceptors (Lipinski definition) is 3. The minimum atomic E-state index is -0.798. The van der Waals surface area contributed by atoms with Crippen LogP contribution < -0.4 is 0 Å². The molecule has 4 nitrogen and oxygen atoms in total. The van der Waals surface area contributed by atoms with Gasteiger partial charge in [-0.25, -0.2) is 0 Å². The number of hydrogen-bond donors (Lipinski definition) is 1.